The summed E-state index contributed by atoms with van der Waals surface area (Å²) in [6.07, 6.45) is 6.86. The Morgan fingerprint density at radius 3 is 2.92 bits per heavy atom. The van der Waals surface area contributed by atoms with Crippen molar-refractivity contribution >= 4 is 18.0 Å². The van der Waals surface area contributed by atoms with E-state index in [0.717, 1.165) is 31.2 Å². The van der Waals surface area contributed by atoms with E-state index in [4.69, 9.17) is 0 Å². The topological polar surface area (TPSA) is 42.9 Å². The minimum atomic E-state index is -0.0875. The van der Waals surface area contributed by atoms with Gasteiger partial charge in [-0.15, -0.1) is 0 Å². The number of aromatic nitrogens is 2. The van der Waals surface area contributed by atoms with Gasteiger partial charge < -0.3 is 4.79 Å². The summed E-state index contributed by atoms with van der Waals surface area (Å²) in [6, 6.07) is 0. The highest BCUT2D eigenvalue weighted by Gasteiger charge is 2.37. The molecule has 3 nitrogen and oxygen atoms in total. The molecule has 1 aromatic rings. The van der Waals surface area contributed by atoms with Crippen LogP contribution in [0.15, 0.2) is 6.20 Å². The van der Waals surface area contributed by atoms with E-state index in [1.54, 1.807) is 6.20 Å². The van der Waals surface area contributed by atoms with Crippen molar-refractivity contribution in [1.82, 2.24) is 8.75 Å². The molecular weight excluding hydrogens is 172 g/mol. The van der Waals surface area contributed by atoms with Crippen molar-refractivity contribution in [2.45, 2.75) is 25.7 Å². The summed E-state index contributed by atoms with van der Waals surface area (Å²) in [5, 5.41) is 0. The third kappa shape index (κ3) is 1.27. The number of hydrogen-bond acceptors (Lipinski definition) is 4. The molecule has 0 spiro atoms. The van der Waals surface area contributed by atoms with Crippen molar-refractivity contribution in [1.29, 1.82) is 0 Å². The van der Waals surface area contributed by atoms with Gasteiger partial charge in [0.15, 0.2) is 0 Å². The molecule has 2 rings (SSSR count). The Morgan fingerprint density at radius 1 is 1.67 bits per heavy atom. The van der Waals surface area contributed by atoms with E-state index in [2.05, 4.69) is 8.75 Å². The fraction of sp³-hybridized carbons (Fsp3) is 0.625. The summed E-state index contributed by atoms with van der Waals surface area (Å²) < 4.78 is 8.02. The molecule has 1 aliphatic carbocycles. The van der Waals surface area contributed by atoms with Crippen molar-refractivity contribution in [3.8, 4) is 0 Å². The second kappa shape index (κ2) is 2.94. The van der Waals surface area contributed by atoms with Gasteiger partial charge >= 0.3 is 0 Å². The number of hydrogen-bond donors (Lipinski definition) is 0. The van der Waals surface area contributed by atoms with E-state index in [9.17, 15) is 4.79 Å². The van der Waals surface area contributed by atoms with E-state index in [0.29, 0.717) is 0 Å². The predicted octanol–water partition coefficient (Wildman–Crippen LogP) is 1.45. The number of nitrogens with zero attached hydrogens (tertiary/aromatic N) is 2. The van der Waals surface area contributed by atoms with Crippen LogP contribution in [0.4, 0.5) is 0 Å². The summed E-state index contributed by atoms with van der Waals surface area (Å²) in [7, 11) is 0. The minimum absolute atomic E-state index is 0.0875. The Balaban J connectivity index is 2.06. The van der Waals surface area contributed by atoms with E-state index >= 15 is 0 Å². The fourth-order valence-electron chi connectivity index (χ4n) is 1.59. The maximum Gasteiger partial charge on any atom is 0.126 e. The van der Waals surface area contributed by atoms with Crippen molar-refractivity contribution in [2.75, 3.05) is 0 Å². The molecule has 0 bridgehead atoms. The summed E-state index contributed by atoms with van der Waals surface area (Å²) in [6.45, 7) is 0. The quantitative estimate of drug-likeness (QED) is 0.664. The molecule has 0 unspecified atom stereocenters. The highest BCUT2D eigenvalue weighted by molar-refractivity contribution is 6.99. The van der Waals surface area contributed by atoms with Gasteiger partial charge in [0, 0.05) is 11.8 Å². The lowest BCUT2D eigenvalue weighted by Gasteiger charge is -2.35. The summed E-state index contributed by atoms with van der Waals surface area (Å²) >= 11 is 1.21. The first-order valence-corrected chi connectivity index (χ1v) is 4.80. The molecule has 0 amide bonds. The zero-order valence-electron chi connectivity index (χ0n) is 6.69. The van der Waals surface area contributed by atoms with Crippen molar-refractivity contribution in [2.24, 2.45) is 5.41 Å². The van der Waals surface area contributed by atoms with Crippen LogP contribution >= 0.6 is 11.7 Å². The normalized spacial score (nSPS) is 20.0. The van der Waals surface area contributed by atoms with Gasteiger partial charge in [0.25, 0.3) is 0 Å². The van der Waals surface area contributed by atoms with Crippen LogP contribution in [0.25, 0.3) is 0 Å². The molecule has 12 heavy (non-hydrogen) atoms. The zero-order chi connectivity index (χ0) is 8.44. The van der Waals surface area contributed by atoms with Gasteiger partial charge in [-0.1, -0.05) is 6.42 Å². The zero-order valence-corrected chi connectivity index (χ0v) is 7.51. The lowest BCUT2D eigenvalue weighted by molar-refractivity contribution is -0.120. The smallest absolute Gasteiger partial charge is 0.126 e. The summed E-state index contributed by atoms with van der Waals surface area (Å²) in [4.78, 5) is 10.8. The Kier molecular flexibility index (Phi) is 1.92. The Labute approximate surface area is 75.1 Å². The second-order valence-electron chi connectivity index (χ2n) is 3.41. The van der Waals surface area contributed by atoms with Crippen LogP contribution in [0.3, 0.4) is 0 Å². The Morgan fingerprint density at radius 2 is 2.50 bits per heavy atom. The molecule has 1 aromatic heterocycles. The molecule has 4 heteroatoms. The lowest BCUT2D eigenvalue weighted by atomic mass is 9.67. The van der Waals surface area contributed by atoms with Crippen LogP contribution in [0.5, 0.6) is 0 Å². The van der Waals surface area contributed by atoms with Crippen LogP contribution in [-0.2, 0) is 11.2 Å². The Hall–Kier alpha value is -0.770. The van der Waals surface area contributed by atoms with E-state index in [1.807, 2.05) is 0 Å². The molecule has 0 N–H and O–H groups in total. The summed E-state index contributed by atoms with van der Waals surface area (Å²) in [5.74, 6) is 0. The predicted molar refractivity (Wildman–Crippen MR) is 46.0 cm³/mol. The fourth-order valence-corrected chi connectivity index (χ4v) is 2.02. The first kappa shape index (κ1) is 7.86. The number of aldehydes is 1. The van der Waals surface area contributed by atoms with Crippen molar-refractivity contribution in [3.05, 3.63) is 11.9 Å². The monoisotopic (exact) mass is 182 g/mol. The van der Waals surface area contributed by atoms with E-state index in [1.165, 1.54) is 18.1 Å². The van der Waals surface area contributed by atoms with Gasteiger partial charge in [0.1, 0.15) is 6.29 Å². The maximum absolute atomic E-state index is 10.8. The first-order chi connectivity index (χ1) is 5.85. The SMILES string of the molecule is O=CC1(Cc2cnsn2)CCC1. The van der Waals surface area contributed by atoms with Crippen LogP contribution in [0.1, 0.15) is 25.0 Å². The highest BCUT2D eigenvalue weighted by Crippen LogP contribution is 2.41. The van der Waals surface area contributed by atoms with Crippen molar-refractivity contribution in [3.63, 3.8) is 0 Å². The molecule has 0 aromatic carbocycles. The van der Waals surface area contributed by atoms with Gasteiger partial charge in [0.05, 0.1) is 23.6 Å². The van der Waals surface area contributed by atoms with Gasteiger partial charge in [-0.3, -0.25) is 0 Å². The van der Waals surface area contributed by atoms with Crippen LogP contribution in [0, 0.1) is 5.41 Å². The first-order valence-electron chi connectivity index (χ1n) is 4.07. The molecule has 0 saturated heterocycles. The molecule has 0 atom stereocenters. The second-order valence-corrected chi connectivity index (χ2v) is 3.97. The standard InChI is InChI=1S/C8H10N2OS/c11-6-8(2-1-3-8)4-7-5-9-12-10-7/h5-6H,1-4H2. The average Bonchev–Trinajstić information content (AvgIpc) is 2.49. The third-order valence-corrected chi connectivity index (χ3v) is 3.06. The third-order valence-electron chi connectivity index (χ3n) is 2.54. The van der Waals surface area contributed by atoms with E-state index in [-0.39, 0.29) is 5.41 Å². The van der Waals surface area contributed by atoms with E-state index < -0.39 is 0 Å². The maximum atomic E-state index is 10.8. The number of carbonyl (C=O) groups excluding carboxylic acids is 1. The lowest BCUT2D eigenvalue weighted by Crippen LogP contribution is -2.33. The molecule has 0 radical (unpaired) electrons. The van der Waals surface area contributed by atoms with Crippen LogP contribution in [0.2, 0.25) is 0 Å². The Bertz CT molecular complexity index is 267. The molecule has 1 saturated carbocycles. The van der Waals surface area contributed by atoms with Crippen LogP contribution in [-0.4, -0.2) is 15.0 Å². The van der Waals surface area contributed by atoms with Gasteiger partial charge in [-0.05, 0) is 12.8 Å². The van der Waals surface area contributed by atoms with Crippen molar-refractivity contribution < 1.29 is 4.79 Å². The summed E-state index contributed by atoms with van der Waals surface area (Å²) in [5.41, 5.74) is 0.877. The molecule has 1 heterocycles. The highest BCUT2D eigenvalue weighted by atomic mass is 32.1. The largest absolute Gasteiger partial charge is 0.303 e. The molecule has 64 valence electrons. The minimum Gasteiger partial charge on any atom is -0.303 e. The molecule has 0 aliphatic heterocycles. The average molecular weight is 182 g/mol. The molecule has 1 fully saturated rings. The number of rotatable bonds is 3. The van der Waals surface area contributed by atoms with Gasteiger partial charge in [0.2, 0.25) is 0 Å². The van der Waals surface area contributed by atoms with Crippen LogP contribution < -0.4 is 0 Å². The van der Waals surface area contributed by atoms with Gasteiger partial charge in [-0.2, -0.15) is 8.75 Å². The number of carbonyl (C=O) groups is 1. The van der Waals surface area contributed by atoms with Gasteiger partial charge in [-0.25, -0.2) is 0 Å². The molecule has 1 aliphatic rings. The molecular formula is C8H10N2OS.